The maximum absolute atomic E-state index is 13.9. The number of aromatic nitrogens is 2. The number of rotatable bonds is 4. The topological polar surface area (TPSA) is 37.8 Å². The molecule has 1 N–H and O–H groups in total. The van der Waals surface area contributed by atoms with Gasteiger partial charge in [-0.1, -0.05) is 6.92 Å². The van der Waals surface area contributed by atoms with Crippen LogP contribution in [0.25, 0.3) is 11.3 Å². The summed E-state index contributed by atoms with van der Waals surface area (Å²) in [6, 6.07) is 3.37. The fourth-order valence-corrected chi connectivity index (χ4v) is 1.99. The van der Waals surface area contributed by atoms with Gasteiger partial charge in [0.2, 0.25) is 0 Å². The number of hydrogen-bond acceptors (Lipinski definition) is 3. The number of anilines is 1. The van der Waals surface area contributed by atoms with Crippen LogP contribution in [0.1, 0.15) is 24.7 Å². The largest absolute Gasteiger partial charge is 0.370 e. The third-order valence-corrected chi connectivity index (χ3v) is 2.98. The lowest BCUT2D eigenvalue weighted by atomic mass is 10.1. The summed E-state index contributed by atoms with van der Waals surface area (Å²) in [5.74, 6) is 0.208. The minimum Gasteiger partial charge on any atom is -0.370 e. The zero-order valence-corrected chi connectivity index (χ0v) is 11.8. The zero-order chi connectivity index (χ0) is 14.7. The van der Waals surface area contributed by atoms with Crippen molar-refractivity contribution >= 4 is 5.82 Å². The Hall–Kier alpha value is -2.04. The maximum Gasteiger partial charge on any atom is 0.133 e. The highest BCUT2D eigenvalue weighted by Crippen LogP contribution is 2.28. The minimum absolute atomic E-state index is 0.160. The van der Waals surface area contributed by atoms with Gasteiger partial charge in [-0.25, -0.2) is 18.7 Å². The van der Waals surface area contributed by atoms with Crippen LogP contribution in [0.5, 0.6) is 0 Å². The first kappa shape index (κ1) is 14.4. The van der Waals surface area contributed by atoms with Crippen molar-refractivity contribution < 1.29 is 8.78 Å². The van der Waals surface area contributed by atoms with Crippen molar-refractivity contribution in [2.45, 2.75) is 27.2 Å². The van der Waals surface area contributed by atoms with Crippen molar-refractivity contribution in [1.29, 1.82) is 0 Å². The molecular formula is C15H17F2N3. The summed E-state index contributed by atoms with van der Waals surface area (Å²) in [6.07, 6.45) is 0.951. The van der Waals surface area contributed by atoms with Crippen LogP contribution < -0.4 is 5.32 Å². The summed E-state index contributed by atoms with van der Waals surface area (Å²) >= 11 is 0. The Morgan fingerprint density at radius 3 is 2.60 bits per heavy atom. The molecule has 0 amide bonds. The summed E-state index contributed by atoms with van der Waals surface area (Å²) < 4.78 is 27.2. The molecule has 0 aliphatic heterocycles. The van der Waals surface area contributed by atoms with Crippen molar-refractivity contribution in [2.75, 3.05) is 11.9 Å². The fraction of sp³-hybridized carbons (Fsp3) is 0.333. The van der Waals surface area contributed by atoms with Gasteiger partial charge in [0.05, 0.1) is 5.69 Å². The van der Waals surface area contributed by atoms with Crippen LogP contribution in [0.3, 0.4) is 0 Å². The van der Waals surface area contributed by atoms with E-state index in [0.717, 1.165) is 31.2 Å². The van der Waals surface area contributed by atoms with Crippen LogP contribution in [-0.4, -0.2) is 16.5 Å². The third kappa shape index (κ3) is 2.92. The molecule has 0 unspecified atom stereocenters. The van der Waals surface area contributed by atoms with E-state index in [-0.39, 0.29) is 5.56 Å². The quantitative estimate of drug-likeness (QED) is 0.922. The summed E-state index contributed by atoms with van der Waals surface area (Å²) in [4.78, 5) is 8.57. The Bertz CT molecular complexity index is 627. The van der Waals surface area contributed by atoms with Crippen molar-refractivity contribution in [2.24, 2.45) is 0 Å². The van der Waals surface area contributed by atoms with Crippen LogP contribution in [0.2, 0.25) is 0 Å². The van der Waals surface area contributed by atoms with Gasteiger partial charge in [-0.15, -0.1) is 0 Å². The zero-order valence-electron chi connectivity index (χ0n) is 11.8. The van der Waals surface area contributed by atoms with Gasteiger partial charge in [0.25, 0.3) is 0 Å². The normalized spacial score (nSPS) is 10.7. The highest BCUT2D eigenvalue weighted by molar-refractivity contribution is 5.68. The van der Waals surface area contributed by atoms with E-state index in [9.17, 15) is 8.78 Å². The smallest absolute Gasteiger partial charge is 0.133 e. The van der Waals surface area contributed by atoms with E-state index in [0.29, 0.717) is 22.9 Å². The van der Waals surface area contributed by atoms with Gasteiger partial charge >= 0.3 is 0 Å². The van der Waals surface area contributed by atoms with Gasteiger partial charge in [-0.3, -0.25) is 0 Å². The van der Waals surface area contributed by atoms with Crippen LogP contribution >= 0.6 is 0 Å². The molecule has 0 fully saturated rings. The number of nitrogens with zero attached hydrogens (tertiary/aromatic N) is 2. The van der Waals surface area contributed by atoms with Gasteiger partial charge in [-0.05, 0) is 38.5 Å². The number of hydrogen-bond donors (Lipinski definition) is 1. The van der Waals surface area contributed by atoms with Crippen LogP contribution in [-0.2, 0) is 0 Å². The molecule has 0 spiro atoms. The number of aryl methyl sites for hydroxylation is 1. The number of nitrogens with one attached hydrogen (secondary N) is 1. The summed E-state index contributed by atoms with van der Waals surface area (Å²) in [5.41, 5.74) is 1.30. The minimum atomic E-state index is -0.492. The molecule has 0 bridgehead atoms. The lowest BCUT2D eigenvalue weighted by Gasteiger charge is -2.13. The highest BCUT2D eigenvalue weighted by atomic mass is 19.1. The van der Waals surface area contributed by atoms with Crippen molar-refractivity contribution in [3.63, 3.8) is 0 Å². The molecule has 0 saturated heterocycles. The lowest BCUT2D eigenvalue weighted by molar-refractivity contribution is 0.602. The molecule has 1 heterocycles. The van der Waals surface area contributed by atoms with Gasteiger partial charge in [0.1, 0.15) is 23.3 Å². The van der Waals surface area contributed by atoms with Gasteiger partial charge in [-0.2, -0.15) is 0 Å². The van der Waals surface area contributed by atoms with E-state index in [4.69, 9.17) is 0 Å². The molecule has 2 rings (SSSR count). The van der Waals surface area contributed by atoms with Crippen LogP contribution in [0.15, 0.2) is 18.2 Å². The molecule has 2 aromatic rings. The van der Waals surface area contributed by atoms with E-state index in [1.165, 1.54) is 0 Å². The van der Waals surface area contributed by atoms with Crippen LogP contribution in [0.4, 0.5) is 14.6 Å². The Kier molecular flexibility index (Phi) is 4.27. The standard InChI is InChI=1S/C15H17F2N3/c1-4-7-18-15-9(2)14(19-10(3)20-15)12-8-11(16)5-6-13(12)17/h5-6,8H,4,7H2,1-3H3,(H,18,19,20). The average Bonchev–Trinajstić information content (AvgIpc) is 2.42. The summed E-state index contributed by atoms with van der Waals surface area (Å²) in [6.45, 7) is 6.35. The molecule has 20 heavy (non-hydrogen) atoms. The van der Waals surface area contributed by atoms with E-state index in [1.54, 1.807) is 13.8 Å². The highest BCUT2D eigenvalue weighted by Gasteiger charge is 2.15. The van der Waals surface area contributed by atoms with Crippen molar-refractivity contribution in [3.05, 3.63) is 41.2 Å². The number of benzene rings is 1. The first-order chi connectivity index (χ1) is 9.52. The summed E-state index contributed by atoms with van der Waals surface area (Å²) in [5, 5.41) is 3.18. The first-order valence-electron chi connectivity index (χ1n) is 6.57. The van der Waals surface area contributed by atoms with Gasteiger partial charge in [0.15, 0.2) is 0 Å². The first-order valence-corrected chi connectivity index (χ1v) is 6.57. The van der Waals surface area contributed by atoms with Gasteiger partial charge in [0, 0.05) is 17.7 Å². The average molecular weight is 277 g/mol. The van der Waals surface area contributed by atoms with Crippen molar-refractivity contribution in [1.82, 2.24) is 9.97 Å². The Balaban J connectivity index is 2.56. The molecule has 0 aliphatic carbocycles. The number of halogens is 2. The maximum atomic E-state index is 13.9. The molecule has 0 saturated carbocycles. The second-order valence-corrected chi connectivity index (χ2v) is 4.64. The Labute approximate surface area is 117 Å². The fourth-order valence-electron chi connectivity index (χ4n) is 1.99. The second-order valence-electron chi connectivity index (χ2n) is 4.64. The predicted octanol–water partition coefficient (Wildman–Crippen LogP) is 3.86. The third-order valence-electron chi connectivity index (χ3n) is 2.98. The summed E-state index contributed by atoms with van der Waals surface area (Å²) in [7, 11) is 0. The molecular weight excluding hydrogens is 260 g/mol. The van der Waals surface area contributed by atoms with Crippen molar-refractivity contribution in [3.8, 4) is 11.3 Å². The molecule has 106 valence electrons. The molecule has 1 aromatic heterocycles. The van der Waals surface area contributed by atoms with Crippen LogP contribution in [0, 0.1) is 25.5 Å². The Morgan fingerprint density at radius 2 is 1.90 bits per heavy atom. The SMILES string of the molecule is CCCNc1nc(C)nc(-c2cc(F)ccc2F)c1C. The Morgan fingerprint density at radius 1 is 1.15 bits per heavy atom. The molecule has 5 heteroatoms. The molecule has 1 aromatic carbocycles. The molecule has 0 atom stereocenters. The monoisotopic (exact) mass is 277 g/mol. The molecule has 0 aliphatic rings. The molecule has 0 radical (unpaired) electrons. The predicted molar refractivity (Wildman–Crippen MR) is 75.6 cm³/mol. The van der Waals surface area contributed by atoms with E-state index < -0.39 is 11.6 Å². The van der Waals surface area contributed by atoms with E-state index in [1.807, 2.05) is 6.92 Å². The second kappa shape index (κ2) is 5.94. The van der Waals surface area contributed by atoms with E-state index >= 15 is 0 Å². The van der Waals surface area contributed by atoms with Gasteiger partial charge < -0.3 is 5.32 Å². The van der Waals surface area contributed by atoms with E-state index in [2.05, 4.69) is 15.3 Å². The molecule has 3 nitrogen and oxygen atoms in total. The lowest BCUT2D eigenvalue weighted by Crippen LogP contribution is -2.08.